The largest absolute Gasteiger partial charge is 0.468 e. The highest BCUT2D eigenvalue weighted by Crippen LogP contribution is 2.20. The van der Waals surface area contributed by atoms with E-state index in [2.05, 4.69) is 10.1 Å². The highest BCUT2D eigenvalue weighted by atomic mass is 19.3. The normalized spacial score (nSPS) is 12.5. The number of hydrogen-bond donors (Lipinski definition) is 1. The van der Waals surface area contributed by atoms with Crippen LogP contribution in [0.3, 0.4) is 0 Å². The van der Waals surface area contributed by atoms with Gasteiger partial charge in [-0.15, -0.1) is 0 Å². The van der Waals surface area contributed by atoms with Crippen molar-refractivity contribution in [3.05, 3.63) is 29.8 Å². The van der Waals surface area contributed by atoms with Gasteiger partial charge in [0.1, 0.15) is 11.8 Å². The van der Waals surface area contributed by atoms with Gasteiger partial charge in [0.05, 0.1) is 7.11 Å². The van der Waals surface area contributed by atoms with E-state index >= 15 is 0 Å². The summed E-state index contributed by atoms with van der Waals surface area (Å²) in [7, 11) is 5.15. The lowest BCUT2D eigenvalue weighted by molar-refractivity contribution is -0.143. The van der Waals surface area contributed by atoms with Crippen LogP contribution in [0.4, 0.5) is 8.78 Å². The Labute approximate surface area is 122 Å². The molecule has 7 heteroatoms. The van der Waals surface area contributed by atoms with E-state index in [9.17, 15) is 13.6 Å². The third kappa shape index (κ3) is 6.05. The van der Waals surface area contributed by atoms with Crippen LogP contribution in [0.25, 0.3) is 0 Å². The van der Waals surface area contributed by atoms with Gasteiger partial charge < -0.3 is 14.4 Å². The second-order valence-electron chi connectivity index (χ2n) is 4.66. The average molecular weight is 302 g/mol. The molecule has 0 heterocycles. The van der Waals surface area contributed by atoms with Crippen LogP contribution in [0.15, 0.2) is 24.3 Å². The number of rotatable bonds is 8. The van der Waals surface area contributed by atoms with Gasteiger partial charge >= 0.3 is 12.6 Å². The van der Waals surface area contributed by atoms with Gasteiger partial charge in [0.25, 0.3) is 0 Å². The summed E-state index contributed by atoms with van der Waals surface area (Å²) in [5, 5.41) is 3.07. The Bertz CT molecular complexity index is 438. The van der Waals surface area contributed by atoms with Crippen LogP contribution in [0.2, 0.25) is 0 Å². The number of carbonyl (C=O) groups is 1. The number of hydrogen-bond acceptors (Lipinski definition) is 5. The predicted molar refractivity (Wildman–Crippen MR) is 74.4 cm³/mol. The van der Waals surface area contributed by atoms with E-state index in [4.69, 9.17) is 4.74 Å². The van der Waals surface area contributed by atoms with Gasteiger partial charge in [-0.05, 0) is 31.8 Å². The molecular formula is C14H20F2N2O3. The zero-order valence-electron chi connectivity index (χ0n) is 12.3. The van der Waals surface area contributed by atoms with E-state index < -0.39 is 18.6 Å². The molecule has 0 aliphatic rings. The zero-order chi connectivity index (χ0) is 15.8. The molecule has 0 aromatic heterocycles. The smallest absolute Gasteiger partial charge is 0.387 e. The molecule has 1 aromatic carbocycles. The molecule has 1 aromatic rings. The Balaban J connectivity index is 2.75. The predicted octanol–water partition coefficient (Wildman–Crippen LogP) is 1.65. The molecule has 21 heavy (non-hydrogen) atoms. The lowest BCUT2D eigenvalue weighted by Crippen LogP contribution is -2.34. The molecule has 1 atom stereocenters. The second-order valence-corrected chi connectivity index (χ2v) is 4.66. The molecule has 0 spiro atoms. The molecule has 5 nitrogen and oxygen atoms in total. The van der Waals surface area contributed by atoms with Crippen molar-refractivity contribution in [1.29, 1.82) is 0 Å². The van der Waals surface area contributed by atoms with Crippen molar-refractivity contribution in [2.75, 3.05) is 34.3 Å². The monoisotopic (exact) mass is 302 g/mol. The fourth-order valence-corrected chi connectivity index (χ4v) is 1.73. The van der Waals surface area contributed by atoms with Crippen LogP contribution < -0.4 is 10.1 Å². The molecule has 0 aliphatic carbocycles. The maximum atomic E-state index is 12.1. The zero-order valence-corrected chi connectivity index (χ0v) is 12.3. The number of benzene rings is 1. The number of nitrogens with zero attached hydrogens (tertiary/aromatic N) is 1. The Morgan fingerprint density at radius 1 is 1.29 bits per heavy atom. The molecular weight excluding hydrogens is 282 g/mol. The van der Waals surface area contributed by atoms with Gasteiger partial charge in [0.15, 0.2) is 0 Å². The van der Waals surface area contributed by atoms with Crippen LogP contribution in [0.5, 0.6) is 5.75 Å². The summed E-state index contributed by atoms with van der Waals surface area (Å²) in [5.74, 6) is -0.387. The summed E-state index contributed by atoms with van der Waals surface area (Å²) in [6, 6.07) is 5.26. The summed E-state index contributed by atoms with van der Waals surface area (Å²) in [5.41, 5.74) is 0.627. The molecule has 1 unspecified atom stereocenters. The van der Waals surface area contributed by atoms with Gasteiger partial charge in [0.2, 0.25) is 0 Å². The van der Waals surface area contributed by atoms with Gasteiger partial charge in [0, 0.05) is 13.1 Å². The molecule has 0 saturated heterocycles. The van der Waals surface area contributed by atoms with Crippen molar-refractivity contribution < 1.29 is 23.0 Å². The number of carbonyl (C=O) groups excluding carboxylic acids is 1. The van der Waals surface area contributed by atoms with Gasteiger partial charge in [-0.2, -0.15) is 8.78 Å². The Hall–Kier alpha value is -1.73. The minimum Gasteiger partial charge on any atom is -0.468 e. The standard InChI is InChI=1S/C14H20F2N2O3/c1-18(2)9-8-17-12(13(19)20-3)10-4-6-11(7-5-10)21-14(15)16/h4-7,12,14,17H,8-9H2,1-3H3. The van der Waals surface area contributed by atoms with Crippen LogP contribution in [0, 0.1) is 0 Å². The minimum atomic E-state index is -2.87. The molecule has 118 valence electrons. The molecule has 1 N–H and O–H groups in total. The summed E-state index contributed by atoms with van der Waals surface area (Å²) in [6.07, 6.45) is 0. The Kier molecular flexibility index (Phi) is 7.04. The molecule has 0 bridgehead atoms. The number of methoxy groups -OCH3 is 1. The summed E-state index contributed by atoms with van der Waals surface area (Å²) >= 11 is 0. The van der Waals surface area contributed by atoms with Crippen molar-refractivity contribution in [3.8, 4) is 5.75 Å². The summed E-state index contributed by atoms with van der Waals surface area (Å²) in [6.45, 7) is -1.53. The SMILES string of the molecule is COC(=O)C(NCCN(C)C)c1ccc(OC(F)F)cc1. The van der Waals surface area contributed by atoms with E-state index in [1.807, 2.05) is 19.0 Å². The van der Waals surface area contributed by atoms with Crippen molar-refractivity contribution in [2.24, 2.45) is 0 Å². The van der Waals surface area contributed by atoms with Gasteiger partial charge in [-0.25, -0.2) is 4.79 Å². The second kappa shape index (κ2) is 8.53. The van der Waals surface area contributed by atoms with Crippen LogP contribution in [-0.4, -0.2) is 51.8 Å². The summed E-state index contributed by atoms with van der Waals surface area (Å²) in [4.78, 5) is 13.8. The fourth-order valence-electron chi connectivity index (χ4n) is 1.73. The Morgan fingerprint density at radius 3 is 2.38 bits per heavy atom. The van der Waals surface area contributed by atoms with Crippen LogP contribution in [0.1, 0.15) is 11.6 Å². The molecule has 0 radical (unpaired) electrons. The number of esters is 1. The van der Waals surface area contributed by atoms with E-state index in [1.54, 1.807) is 12.1 Å². The number of ether oxygens (including phenoxy) is 2. The first-order valence-electron chi connectivity index (χ1n) is 6.44. The third-order valence-electron chi connectivity index (χ3n) is 2.78. The topological polar surface area (TPSA) is 50.8 Å². The summed E-state index contributed by atoms with van der Waals surface area (Å²) < 4.78 is 33.2. The highest BCUT2D eigenvalue weighted by Gasteiger charge is 2.20. The quantitative estimate of drug-likeness (QED) is 0.740. The van der Waals surface area contributed by atoms with Gasteiger partial charge in [-0.3, -0.25) is 5.32 Å². The maximum absolute atomic E-state index is 12.1. The van der Waals surface area contributed by atoms with Crippen molar-refractivity contribution in [1.82, 2.24) is 10.2 Å². The lowest BCUT2D eigenvalue weighted by atomic mass is 10.1. The lowest BCUT2D eigenvalue weighted by Gasteiger charge is -2.18. The first kappa shape index (κ1) is 17.3. The molecule has 0 fully saturated rings. The fraction of sp³-hybridized carbons (Fsp3) is 0.500. The number of likely N-dealkylation sites (N-methyl/N-ethyl adjacent to an activating group) is 1. The average Bonchev–Trinajstić information content (AvgIpc) is 2.43. The van der Waals surface area contributed by atoms with Crippen molar-refractivity contribution in [3.63, 3.8) is 0 Å². The number of halogens is 2. The van der Waals surface area contributed by atoms with E-state index in [1.165, 1.54) is 19.2 Å². The van der Waals surface area contributed by atoms with Crippen LogP contribution in [-0.2, 0) is 9.53 Å². The molecule has 1 rings (SSSR count). The van der Waals surface area contributed by atoms with Crippen molar-refractivity contribution in [2.45, 2.75) is 12.7 Å². The van der Waals surface area contributed by atoms with E-state index in [-0.39, 0.29) is 5.75 Å². The minimum absolute atomic E-state index is 0.0469. The Morgan fingerprint density at radius 2 is 1.90 bits per heavy atom. The highest BCUT2D eigenvalue weighted by molar-refractivity contribution is 5.77. The van der Waals surface area contributed by atoms with Gasteiger partial charge in [-0.1, -0.05) is 12.1 Å². The van der Waals surface area contributed by atoms with E-state index in [0.717, 1.165) is 6.54 Å². The molecule has 0 saturated carbocycles. The van der Waals surface area contributed by atoms with Crippen LogP contribution >= 0.6 is 0 Å². The van der Waals surface area contributed by atoms with Crippen molar-refractivity contribution >= 4 is 5.97 Å². The first-order chi connectivity index (χ1) is 9.93. The maximum Gasteiger partial charge on any atom is 0.387 e. The first-order valence-corrected chi connectivity index (χ1v) is 6.44. The third-order valence-corrected chi connectivity index (χ3v) is 2.78. The van der Waals surface area contributed by atoms with E-state index in [0.29, 0.717) is 12.1 Å². The molecule has 0 amide bonds. The number of nitrogens with one attached hydrogen (secondary N) is 1. The number of alkyl halides is 2. The molecule has 0 aliphatic heterocycles.